The highest BCUT2D eigenvalue weighted by Gasteiger charge is 2.04. The molecule has 0 radical (unpaired) electrons. The highest BCUT2D eigenvalue weighted by molar-refractivity contribution is 14.0. The van der Waals surface area contributed by atoms with Gasteiger partial charge in [-0.3, -0.25) is 4.99 Å². The van der Waals surface area contributed by atoms with Crippen LogP contribution in [0.25, 0.3) is 0 Å². The van der Waals surface area contributed by atoms with E-state index in [0.29, 0.717) is 24.2 Å². The Labute approximate surface area is 147 Å². The molecule has 0 spiro atoms. The molecule has 0 saturated carbocycles. The molecule has 22 heavy (non-hydrogen) atoms. The van der Waals surface area contributed by atoms with Crippen molar-refractivity contribution in [3.63, 3.8) is 0 Å². The maximum absolute atomic E-state index is 4.93. The molecule has 0 bridgehead atoms. The van der Waals surface area contributed by atoms with E-state index in [1.54, 1.807) is 14.0 Å². The van der Waals surface area contributed by atoms with Crippen LogP contribution in [-0.2, 0) is 13.1 Å². The van der Waals surface area contributed by atoms with E-state index in [-0.39, 0.29) is 24.0 Å². The van der Waals surface area contributed by atoms with Crippen LogP contribution >= 0.6 is 24.0 Å². The molecule has 0 amide bonds. The third-order valence-electron chi connectivity index (χ3n) is 3.15. The van der Waals surface area contributed by atoms with Crippen LogP contribution in [0.4, 0.5) is 0 Å². The molecule has 2 rings (SSSR count). The Kier molecular flexibility index (Phi) is 7.30. The molecule has 7 heteroatoms. The zero-order valence-corrected chi connectivity index (χ0v) is 15.6. The van der Waals surface area contributed by atoms with Gasteiger partial charge in [-0.15, -0.1) is 24.0 Å². The van der Waals surface area contributed by atoms with E-state index in [1.165, 1.54) is 16.7 Å². The van der Waals surface area contributed by atoms with Crippen LogP contribution in [-0.4, -0.2) is 23.1 Å². The summed E-state index contributed by atoms with van der Waals surface area (Å²) in [5, 5.41) is 10.3. The smallest absolute Gasteiger partial charge is 0.223 e. The van der Waals surface area contributed by atoms with Crippen LogP contribution in [0.2, 0.25) is 0 Å². The number of aromatic nitrogens is 2. The molecule has 1 heterocycles. The lowest BCUT2D eigenvalue weighted by Gasteiger charge is -2.12. The number of aryl methyl sites for hydroxylation is 3. The lowest BCUT2D eigenvalue weighted by atomic mass is 10.1. The van der Waals surface area contributed by atoms with Crippen molar-refractivity contribution in [1.82, 2.24) is 20.8 Å². The number of guanidine groups is 1. The quantitative estimate of drug-likeness (QED) is 0.456. The van der Waals surface area contributed by atoms with Gasteiger partial charge in [0.05, 0.1) is 6.54 Å². The Morgan fingerprint density at radius 1 is 1.18 bits per heavy atom. The zero-order chi connectivity index (χ0) is 15.2. The minimum Gasteiger partial charge on any atom is -0.352 e. The van der Waals surface area contributed by atoms with Gasteiger partial charge >= 0.3 is 0 Å². The van der Waals surface area contributed by atoms with E-state index in [9.17, 15) is 0 Å². The van der Waals surface area contributed by atoms with Gasteiger partial charge in [0.25, 0.3) is 0 Å². The number of benzene rings is 1. The van der Waals surface area contributed by atoms with E-state index in [1.807, 2.05) is 0 Å². The normalized spacial score (nSPS) is 11.0. The molecule has 6 nitrogen and oxygen atoms in total. The van der Waals surface area contributed by atoms with E-state index in [4.69, 9.17) is 4.52 Å². The van der Waals surface area contributed by atoms with Gasteiger partial charge in [-0.1, -0.05) is 28.9 Å². The Morgan fingerprint density at radius 3 is 2.50 bits per heavy atom. The van der Waals surface area contributed by atoms with E-state index < -0.39 is 0 Å². The molecule has 0 atom stereocenters. The van der Waals surface area contributed by atoms with Crippen molar-refractivity contribution in [1.29, 1.82) is 0 Å². The molecular weight excluding hydrogens is 393 g/mol. The first-order chi connectivity index (χ1) is 10.1. The lowest BCUT2D eigenvalue weighted by Crippen LogP contribution is -2.36. The fourth-order valence-corrected chi connectivity index (χ4v) is 2.02. The second kappa shape index (κ2) is 8.72. The number of hydrogen-bond donors (Lipinski definition) is 2. The van der Waals surface area contributed by atoms with Gasteiger partial charge in [-0.05, 0) is 25.0 Å². The molecule has 0 saturated heterocycles. The molecule has 0 fully saturated rings. The van der Waals surface area contributed by atoms with Gasteiger partial charge < -0.3 is 15.2 Å². The van der Waals surface area contributed by atoms with Gasteiger partial charge in [-0.2, -0.15) is 4.98 Å². The third kappa shape index (κ3) is 5.28. The average molecular weight is 415 g/mol. The summed E-state index contributed by atoms with van der Waals surface area (Å²) in [5.41, 5.74) is 3.79. The SMILES string of the molecule is CN=C(NCc1noc(C)n1)NCc1ccc(C)cc1C.I. The fraction of sp³-hybridized carbons (Fsp3) is 0.400. The summed E-state index contributed by atoms with van der Waals surface area (Å²) in [4.78, 5) is 8.32. The topological polar surface area (TPSA) is 75.3 Å². The zero-order valence-electron chi connectivity index (χ0n) is 13.3. The number of hydrogen-bond acceptors (Lipinski definition) is 4. The van der Waals surface area contributed by atoms with Crippen molar-refractivity contribution in [2.75, 3.05) is 7.05 Å². The molecule has 0 aliphatic carbocycles. The summed E-state index contributed by atoms with van der Waals surface area (Å²) in [6, 6.07) is 6.42. The van der Waals surface area contributed by atoms with Crippen LogP contribution < -0.4 is 10.6 Å². The molecule has 120 valence electrons. The highest BCUT2D eigenvalue weighted by atomic mass is 127. The molecule has 2 aromatic rings. The summed E-state index contributed by atoms with van der Waals surface area (Å²) >= 11 is 0. The summed E-state index contributed by atoms with van der Waals surface area (Å²) in [6.07, 6.45) is 0. The third-order valence-corrected chi connectivity index (χ3v) is 3.15. The van der Waals surface area contributed by atoms with Crippen LogP contribution in [0.5, 0.6) is 0 Å². The van der Waals surface area contributed by atoms with Crippen molar-refractivity contribution in [2.24, 2.45) is 4.99 Å². The molecule has 2 N–H and O–H groups in total. The highest BCUT2D eigenvalue weighted by Crippen LogP contribution is 2.09. The van der Waals surface area contributed by atoms with Crippen LogP contribution in [0, 0.1) is 20.8 Å². The van der Waals surface area contributed by atoms with Gasteiger partial charge in [0.1, 0.15) is 0 Å². The monoisotopic (exact) mass is 415 g/mol. The van der Waals surface area contributed by atoms with Gasteiger partial charge in [0.2, 0.25) is 5.89 Å². The molecular formula is C15H22IN5O. The minimum atomic E-state index is 0. The fourth-order valence-electron chi connectivity index (χ4n) is 2.02. The number of nitrogens with one attached hydrogen (secondary N) is 2. The molecule has 1 aromatic heterocycles. The molecule has 0 aliphatic heterocycles. The van der Waals surface area contributed by atoms with E-state index >= 15 is 0 Å². The van der Waals surface area contributed by atoms with Crippen LogP contribution in [0.3, 0.4) is 0 Å². The first-order valence-electron chi connectivity index (χ1n) is 6.88. The van der Waals surface area contributed by atoms with Gasteiger partial charge in [0.15, 0.2) is 11.8 Å². The Hall–Kier alpha value is -1.64. The molecule has 0 aliphatic rings. The van der Waals surface area contributed by atoms with Crippen LogP contribution in [0.15, 0.2) is 27.7 Å². The maximum Gasteiger partial charge on any atom is 0.223 e. The van der Waals surface area contributed by atoms with Gasteiger partial charge in [0, 0.05) is 20.5 Å². The minimum absolute atomic E-state index is 0. The number of aliphatic imine (C=N–C) groups is 1. The average Bonchev–Trinajstić information content (AvgIpc) is 2.86. The maximum atomic E-state index is 4.93. The van der Waals surface area contributed by atoms with E-state index in [0.717, 1.165) is 6.54 Å². The van der Waals surface area contributed by atoms with Crippen molar-refractivity contribution in [2.45, 2.75) is 33.9 Å². The second-order valence-electron chi connectivity index (χ2n) is 4.94. The van der Waals surface area contributed by atoms with Crippen molar-refractivity contribution < 1.29 is 4.52 Å². The standard InChI is InChI=1S/C15H21N5O.HI/c1-10-5-6-13(11(2)7-10)8-17-15(16-4)18-9-14-19-12(3)21-20-14;/h5-7H,8-9H2,1-4H3,(H2,16,17,18);1H. The Balaban J connectivity index is 0.00000242. The summed E-state index contributed by atoms with van der Waals surface area (Å²) in [5.74, 6) is 1.88. The summed E-state index contributed by atoms with van der Waals surface area (Å²) < 4.78 is 4.93. The number of halogens is 1. The second-order valence-corrected chi connectivity index (χ2v) is 4.94. The Morgan fingerprint density at radius 2 is 1.91 bits per heavy atom. The number of rotatable bonds is 4. The van der Waals surface area contributed by atoms with Crippen molar-refractivity contribution in [3.05, 3.63) is 46.6 Å². The van der Waals surface area contributed by atoms with Crippen LogP contribution in [0.1, 0.15) is 28.4 Å². The predicted molar refractivity (Wildman–Crippen MR) is 97.4 cm³/mol. The molecule has 1 aromatic carbocycles. The predicted octanol–water partition coefficient (Wildman–Crippen LogP) is 2.48. The summed E-state index contributed by atoms with van der Waals surface area (Å²) in [7, 11) is 1.73. The van der Waals surface area contributed by atoms with Gasteiger partial charge in [-0.25, -0.2) is 0 Å². The summed E-state index contributed by atoms with van der Waals surface area (Å²) in [6.45, 7) is 7.17. The lowest BCUT2D eigenvalue weighted by molar-refractivity contribution is 0.387. The van der Waals surface area contributed by atoms with E-state index in [2.05, 4.69) is 57.8 Å². The molecule has 0 unspecified atom stereocenters. The number of nitrogens with zero attached hydrogens (tertiary/aromatic N) is 3. The Bertz CT molecular complexity index is 639. The first-order valence-corrected chi connectivity index (χ1v) is 6.88. The first kappa shape index (κ1) is 18.4. The van der Waals surface area contributed by atoms with Crippen molar-refractivity contribution >= 4 is 29.9 Å². The largest absolute Gasteiger partial charge is 0.352 e. The van der Waals surface area contributed by atoms with Crippen molar-refractivity contribution in [3.8, 4) is 0 Å².